The standard InChI is InChI=1S/C37H40N6O6S/c44-32-17-9-4-2-1-3-8-14-25-22-37(25,36(46)41-50(47,48)27-18-19-27)39-35(45)31-20-26(23-42(31)32)49-33-21-30(24-12-6-5-7-13-24)38-34-28-15-10-11-16-29(28)40-43(33)34/h5-8,10-16,21,25-27,31H,1-4,9,17-20,22-23H2,(H,39,45)(H,41,46)/b14-8-/t25-,26+,31-,37+/m0/s1. The highest BCUT2D eigenvalue weighted by Gasteiger charge is 2.62. The van der Waals surface area contributed by atoms with Crippen molar-refractivity contribution >= 4 is 44.3 Å². The van der Waals surface area contributed by atoms with Gasteiger partial charge in [-0.15, -0.1) is 0 Å². The topological polar surface area (TPSA) is 152 Å². The predicted molar refractivity (Wildman–Crippen MR) is 186 cm³/mol. The molecule has 0 bridgehead atoms. The molecule has 2 aliphatic heterocycles. The van der Waals surface area contributed by atoms with E-state index in [-0.39, 0.29) is 31.2 Å². The summed E-state index contributed by atoms with van der Waals surface area (Å²) in [5, 5.41) is 7.99. The number of amides is 3. The van der Waals surface area contributed by atoms with Crippen LogP contribution in [0, 0.1) is 5.92 Å². The summed E-state index contributed by atoms with van der Waals surface area (Å²) in [7, 11) is -3.82. The Bertz CT molecular complexity index is 2110. The molecule has 2 aliphatic carbocycles. The molecule has 50 heavy (non-hydrogen) atoms. The number of ether oxygens (including phenoxy) is 1. The smallest absolute Gasteiger partial charge is 0.259 e. The quantitative estimate of drug-likeness (QED) is 0.284. The van der Waals surface area contributed by atoms with Crippen molar-refractivity contribution in [3.63, 3.8) is 0 Å². The Labute approximate surface area is 290 Å². The van der Waals surface area contributed by atoms with Crippen LogP contribution in [0.1, 0.15) is 64.2 Å². The molecule has 260 valence electrons. The Morgan fingerprint density at radius 1 is 1.00 bits per heavy atom. The van der Waals surface area contributed by atoms with Crippen molar-refractivity contribution in [2.75, 3.05) is 6.54 Å². The molecule has 4 heterocycles. The second-order valence-corrected chi connectivity index (χ2v) is 15.9. The highest BCUT2D eigenvalue weighted by molar-refractivity contribution is 7.91. The fourth-order valence-corrected chi connectivity index (χ4v) is 8.65. The van der Waals surface area contributed by atoms with Crippen molar-refractivity contribution in [2.24, 2.45) is 5.92 Å². The zero-order valence-corrected chi connectivity index (χ0v) is 28.5. The lowest BCUT2D eigenvalue weighted by Crippen LogP contribution is -2.56. The van der Waals surface area contributed by atoms with E-state index in [9.17, 15) is 22.8 Å². The number of carbonyl (C=O) groups excluding carboxylic acids is 3. The summed E-state index contributed by atoms with van der Waals surface area (Å²) in [4.78, 5) is 48.0. The van der Waals surface area contributed by atoms with Gasteiger partial charge in [0.05, 0.1) is 23.0 Å². The lowest BCUT2D eigenvalue weighted by molar-refractivity contribution is -0.139. The molecule has 4 aromatic rings. The number of rotatable bonds is 6. The molecule has 13 heteroatoms. The lowest BCUT2D eigenvalue weighted by atomic mass is 10.1. The van der Waals surface area contributed by atoms with E-state index in [1.165, 1.54) is 0 Å². The number of benzene rings is 2. The van der Waals surface area contributed by atoms with E-state index in [4.69, 9.17) is 14.8 Å². The minimum absolute atomic E-state index is 0.152. The van der Waals surface area contributed by atoms with Crippen LogP contribution in [0.2, 0.25) is 0 Å². The van der Waals surface area contributed by atoms with Gasteiger partial charge < -0.3 is 15.0 Å². The molecule has 3 amide bonds. The zero-order valence-electron chi connectivity index (χ0n) is 27.7. The predicted octanol–water partition coefficient (Wildman–Crippen LogP) is 4.29. The van der Waals surface area contributed by atoms with E-state index in [2.05, 4.69) is 10.0 Å². The summed E-state index contributed by atoms with van der Waals surface area (Å²) in [6, 6.07) is 18.4. The van der Waals surface area contributed by atoms with Gasteiger partial charge in [-0.05, 0) is 50.7 Å². The monoisotopic (exact) mass is 696 g/mol. The zero-order chi connectivity index (χ0) is 34.5. The third-order valence-corrected chi connectivity index (χ3v) is 12.2. The summed E-state index contributed by atoms with van der Waals surface area (Å²) in [6.45, 7) is 0.167. The molecule has 4 atom stereocenters. The van der Waals surface area contributed by atoms with E-state index in [0.717, 1.165) is 42.1 Å². The molecule has 1 saturated heterocycles. The number of nitrogens with one attached hydrogen (secondary N) is 2. The first-order valence-corrected chi connectivity index (χ1v) is 19.1. The van der Waals surface area contributed by atoms with Crippen molar-refractivity contribution in [1.29, 1.82) is 0 Å². The van der Waals surface area contributed by atoms with E-state index in [0.29, 0.717) is 42.9 Å². The van der Waals surface area contributed by atoms with Gasteiger partial charge in [-0.3, -0.25) is 19.1 Å². The number of hydrogen-bond acceptors (Lipinski definition) is 8. The van der Waals surface area contributed by atoms with Crippen molar-refractivity contribution < 1.29 is 27.5 Å². The van der Waals surface area contributed by atoms with E-state index in [1.807, 2.05) is 72.8 Å². The average molecular weight is 697 g/mol. The van der Waals surface area contributed by atoms with Gasteiger partial charge in [-0.25, -0.2) is 13.4 Å². The van der Waals surface area contributed by atoms with E-state index in [1.54, 1.807) is 9.42 Å². The molecule has 8 rings (SSSR count). The first kappa shape index (κ1) is 32.4. The molecule has 0 radical (unpaired) electrons. The van der Waals surface area contributed by atoms with Gasteiger partial charge in [0.15, 0.2) is 5.65 Å². The Morgan fingerprint density at radius 3 is 2.60 bits per heavy atom. The van der Waals surface area contributed by atoms with Gasteiger partial charge in [0.2, 0.25) is 27.7 Å². The van der Waals surface area contributed by atoms with Crippen LogP contribution in [0.5, 0.6) is 5.88 Å². The molecular weight excluding hydrogens is 657 g/mol. The average Bonchev–Trinajstić information content (AvgIpc) is 4.01. The van der Waals surface area contributed by atoms with Crippen LogP contribution in [0.3, 0.4) is 0 Å². The molecule has 0 unspecified atom stereocenters. The van der Waals surface area contributed by atoms with Gasteiger partial charge >= 0.3 is 0 Å². The summed E-state index contributed by atoms with van der Waals surface area (Å²) in [5.74, 6) is -1.29. The van der Waals surface area contributed by atoms with Crippen LogP contribution in [0.15, 0.2) is 72.8 Å². The summed E-state index contributed by atoms with van der Waals surface area (Å²) >= 11 is 0. The molecule has 2 N–H and O–H groups in total. The lowest BCUT2D eigenvalue weighted by Gasteiger charge is -2.26. The van der Waals surface area contributed by atoms with Gasteiger partial charge in [0, 0.05) is 35.8 Å². The highest BCUT2D eigenvalue weighted by atomic mass is 32.2. The molecule has 2 aromatic carbocycles. The SMILES string of the molecule is O=C1N[C@]2(C(=O)NS(=O)(=O)C3CC3)C[C@@H]2/C=C\CCCCCCC(=O)N2C[C@H](Oc3cc(-c4ccccc4)nc4c5ccccc5nn34)C[C@@H]12. The summed E-state index contributed by atoms with van der Waals surface area (Å²) in [5.41, 5.74) is 1.58. The van der Waals surface area contributed by atoms with Gasteiger partial charge in [-0.1, -0.05) is 67.5 Å². The van der Waals surface area contributed by atoms with Gasteiger partial charge in [0.25, 0.3) is 5.91 Å². The maximum Gasteiger partial charge on any atom is 0.259 e. The van der Waals surface area contributed by atoms with Crippen LogP contribution in [0.4, 0.5) is 0 Å². The number of hydrogen-bond donors (Lipinski definition) is 2. The molecular formula is C37H40N6O6S. The third-order valence-electron chi connectivity index (χ3n) is 10.3. The summed E-state index contributed by atoms with van der Waals surface area (Å²) < 4.78 is 36.1. The van der Waals surface area contributed by atoms with Crippen LogP contribution in [-0.2, 0) is 24.4 Å². The first-order chi connectivity index (χ1) is 24.2. The van der Waals surface area contributed by atoms with Crippen LogP contribution in [0.25, 0.3) is 27.8 Å². The Kier molecular flexibility index (Phi) is 8.32. The molecule has 0 spiro atoms. The first-order valence-electron chi connectivity index (χ1n) is 17.6. The molecule has 2 aromatic heterocycles. The minimum Gasteiger partial charge on any atom is -0.472 e. The molecule has 3 fully saturated rings. The second-order valence-electron chi connectivity index (χ2n) is 14.0. The number of nitrogens with zero attached hydrogens (tertiary/aromatic N) is 4. The Balaban J connectivity index is 1.10. The number of carbonyl (C=O) groups is 3. The minimum atomic E-state index is -3.82. The fraction of sp³-hybridized carbons (Fsp3) is 0.432. The van der Waals surface area contributed by atoms with Crippen molar-refractivity contribution in [1.82, 2.24) is 29.5 Å². The summed E-state index contributed by atoms with van der Waals surface area (Å²) in [6.07, 6.45) is 9.45. The second kappa shape index (κ2) is 12.8. The molecule has 2 saturated carbocycles. The third kappa shape index (κ3) is 6.23. The number of sulfonamides is 1. The fourth-order valence-electron chi connectivity index (χ4n) is 7.29. The van der Waals surface area contributed by atoms with Crippen molar-refractivity contribution in [3.8, 4) is 17.1 Å². The normalized spacial score (nSPS) is 26.7. The largest absolute Gasteiger partial charge is 0.472 e. The Morgan fingerprint density at radius 2 is 1.78 bits per heavy atom. The maximum atomic E-state index is 14.2. The van der Waals surface area contributed by atoms with E-state index < -0.39 is 44.8 Å². The van der Waals surface area contributed by atoms with Crippen LogP contribution < -0.4 is 14.8 Å². The van der Waals surface area contributed by atoms with Crippen molar-refractivity contribution in [2.45, 2.75) is 87.1 Å². The van der Waals surface area contributed by atoms with Crippen molar-refractivity contribution in [3.05, 3.63) is 72.8 Å². The van der Waals surface area contributed by atoms with Crippen LogP contribution in [-0.4, -0.2) is 75.1 Å². The van der Waals surface area contributed by atoms with Gasteiger partial charge in [0.1, 0.15) is 17.7 Å². The molecule has 12 nitrogen and oxygen atoms in total. The maximum absolute atomic E-state index is 14.2. The molecule has 4 aliphatic rings. The van der Waals surface area contributed by atoms with Gasteiger partial charge in [-0.2, -0.15) is 9.61 Å². The Hall–Kier alpha value is -4.78. The van der Waals surface area contributed by atoms with E-state index >= 15 is 0 Å². The number of aromatic nitrogens is 3. The van der Waals surface area contributed by atoms with Crippen LogP contribution >= 0.6 is 0 Å². The highest BCUT2D eigenvalue weighted by Crippen LogP contribution is 2.46. The number of allylic oxidation sites excluding steroid dienone is 1. The number of fused-ring (bicyclic) bond motifs is 5.